The number of methoxy groups -OCH3 is 1. The predicted octanol–water partition coefficient (Wildman–Crippen LogP) is 1.41. The van der Waals surface area contributed by atoms with E-state index in [-0.39, 0.29) is 42.0 Å². The molecule has 1 aliphatic carbocycles. The smallest absolute Gasteiger partial charge is 0.246 e. The molecule has 3 fully saturated rings. The van der Waals surface area contributed by atoms with Gasteiger partial charge >= 0.3 is 0 Å². The molecule has 3 aliphatic rings. The van der Waals surface area contributed by atoms with Crippen LogP contribution in [0.2, 0.25) is 0 Å². The third-order valence-corrected chi connectivity index (χ3v) is 5.34. The van der Waals surface area contributed by atoms with Crippen molar-refractivity contribution in [2.75, 3.05) is 13.7 Å². The van der Waals surface area contributed by atoms with Gasteiger partial charge in [-0.05, 0) is 38.0 Å². The first kappa shape index (κ1) is 14.8. The van der Waals surface area contributed by atoms with Gasteiger partial charge in [-0.3, -0.25) is 9.59 Å². The highest BCUT2D eigenvalue weighted by molar-refractivity contribution is 5.97. The predicted molar refractivity (Wildman–Crippen MR) is 78.6 cm³/mol. The molecule has 0 aromatic heterocycles. The van der Waals surface area contributed by atoms with Crippen molar-refractivity contribution in [1.29, 1.82) is 0 Å². The second-order valence-electron chi connectivity index (χ2n) is 6.95. The summed E-state index contributed by atoms with van der Waals surface area (Å²) in [4.78, 5) is 29.5. The molecule has 4 atom stereocenters. The molecule has 2 heterocycles. The van der Waals surface area contributed by atoms with Gasteiger partial charge < -0.3 is 14.5 Å². The molecule has 0 spiro atoms. The standard InChI is InChI=1S/C16H26N2O3/c1-10(2)14-16(20)17-8-4-5-13(17)15(19)18(14)11-6-7-12(9-11)21-3/h10-14H,4-9H2,1-3H3. The van der Waals surface area contributed by atoms with Gasteiger partial charge in [0, 0.05) is 19.7 Å². The molecule has 0 radical (unpaired) electrons. The molecule has 2 saturated heterocycles. The van der Waals surface area contributed by atoms with Gasteiger partial charge in [-0.2, -0.15) is 0 Å². The zero-order chi connectivity index (χ0) is 15.1. The van der Waals surface area contributed by atoms with Gasteiger partial charge in [-0.25, -0.2) is 0 Å². The van der Waals surface area contributed by atoms with Gasteiger partial charge in [0.2, 0.25) is 11.8 Å². The van der Waals surface area contributed by atoms with Crippen molar-refractivity contribution in [3.05, 3.63) is 0 Å². The molecule has 2 aliphatic heterocycles. The van der Waals surface area contributed by atoms with Crippen molar-refractivity contribution < 1.29 is 14.3 Å². The Morgan fingerprint density at radius 1 is 1.14 bits per heavy atom. The quantitative estimate of drug-likeness (QED) is 0.791. The number of ether oxygens (including phenoxy) is 1. The first-order chi connectivity index (χ1) is 10.0. The fourth-order valence-corrected chi connectivity index (χ4v) is 4.28. The van der Waals surface area contributed by atoms with E-state index in [1.807, 2.05) is 23.6 Å². The van der Waals surface area contributed by atoms with Gasteiger partial charge in [0.05, 0.1) is 6.10 Å². The molecular formula is C16H26N2O3. The summed E-state index contributed by atoms with van der Waals surface area (Å²) >= 11 is 0. The number of nitrogens with zero attached hydrogens (tertiary/aromatic N) is 2. The van der Waals surface area contributed by atoms with Crippen LogP contribution >= 0.6 is 0 Å². The highest BCUT2D eigenvalue weighted by Gasteiger charge is 2.51. The van der Waals surface area contributed by atoms with E-state index < -0.39 is 0 Å². The highest BCUT2D eigenvalue weighted by atomic mass is 16.5. The second kappa shape index (κ2) is 5.59. The van der Waals surface area contributed by atoms with Crippen molar-refractivity contribution >= 4 is 11.8 Å². The van der Waals surface area contributed by atoms with E-state index in [1.165, 1.54) is 0 Å². The van der Waals surface area contributed by atoms with Crippen LogP contribution in [0.25, 0.3) is 0 Å². The second-order valence-corrected chi connectivity index (χ2v) is 6.95. The van der Waals surface area contributed by atoms with Gasteiger partial charge in [0.25, 0.3) is 0 Å². The summed E-state index contributed by atoms with van der Waals surface area (Å²) in [5.74, 6) is 0.491. The minimum absolute atomic E-state index is 0.157. The lowest BCUT2D eigenvalue weighted by molar-refractivity contribution is -0.164. The first-order valence-corrected chi connectivity index (χ1v) is 8.20. The Labute approximate surface area is 126 Å². The Kier molecular flexibility index (Phi) is 3.95. The average molecular weight is 294 g/mol. The van der Waals surface area contributed by atoms with E-state index in [9.17, 15) is 9.59 Å². The van der Waals surface area contributed by atoms with Crippen molar-refractivity contribution in [3.8, 4) is 0 Å². The lowest BCUT2D eigenvalue weighted by Crippen LogP contribution is -2.66. The Bertz CT molecular complexity index is 437. The van der Waals surface area contributed by atoms with Crippen molar-refractivity contribution in [3.63, 3.8) is 0 Å². The number of rotatable bonds is 3. The molecule has 0 bridgehead atoms. The highest BCUT2D eigenvalue weighted by Crippen LogP contribution is 2.36. The molecule has 0 aromatic carbocycles. The third kappa shape index (κ3) is 2.35. The number of carbonyl (C=O) groups excluding carboxylic acids is 2. The fourth-order valence-electron chi connectivity index (χ4n) is 4.28. The minimum atomic E-state index is -0.285. The van der Waals surface area contributed by atoms with Crippen molar-refractivity contribution in [2.24, 2.45) is 5.92 Å². The number of amides is 2. The van der Waals surface area contributed by atoms with Gasteiger partial charge in [0.15, 0.2) is 0 Å². The molecule has 5 nitrogen and oxygen atoms in total. The summed E-state index contributed by atoms with van der Waals surface area (Å²) in [5.41, 5.74) is 0. The summed E-state index contributed by atoms with van der Waals surface area (Å²) in [6, 6.07) is -0.317. The maximum absolute atomic E-state index is 12.9. The minimum Gasteiger partial charge on any atom is -0.381 e. The number of hydrogen-bond acceptors (Lipinski definition) is 3. The summed E-state index contributed by atoms with van der Waals surface area (Å²) in [7, 11) is 1.73. The Morgan fingerprint density at radius 2 is 1.90 bits per heavy atom. The van der Waals surface area contributed by atoms with Crippen LogP contribution in [0.3, 0.4) is 0 Å². The molecule has 1 saturated carbocycles. The molecule has 0 aromatic rings. The molecule has 21 heavy (non-hydrogen) atoms. The zero-order valence-electron chi connectivity index (χ0n) is 13.2. The topological polar surface area (TPSA) is 49.9 Å². The van der Waals surface area contributed by atoms with Crippen molar-refractivity contribution in [1.82, 2.24) is 9.80 Å². The molecule has 0 N–H and O–H groups in total. The zero-order valence-corrected chi connectivity index (χ0v) is 13.2. The lowest BCUT2D eigenvalue weighted by Gasteiger charge is -2.46. The lowest BCUT2D eigenvalue weighted by atomic mass is 9.93. The maximum atomic E-state index is 12.9. The van der Waals surface area contributed by atoms with Crippen LogP contribution in [0, 0.1) is 5.92 Å². The molecule has 5 heteroatoms. The van der Waals surface area contributed by atoms with Crippen molar-refractivity contribution in [2.45, 2.75) is 70.2 Å². The van der Waals surface area contributed by atoms with Crippen LogP contribution in [0.5, 0.6) is 0 Å². The normalized spacial score (nSPS) is 36.8. The van der Waals surface area contributed by atoms with Crippen LogP contribution < -0.4 is 0 Å². The van der Waals surface area contributed by atoms with Gasteiger partial charge in [-0.15, -0.1) is 0 Å². The monoisotopic (exact) mass is 294 g/mol. The van der Waals surface area contributed by atoms with Gasteiger partial charge in [-0.1, -0.05) is 13.8 Å². The average Bonchev–Trinajstić information content (AvgIpc) is 3.10. The van der Waals surface area contributed by atoms with Crippen LogP contribution in [-0.4, -0.2) is 59.5 Å². The van der Waals surface area contributed by atoms with E-state index in [1.54, 1.807) is 7.11 Å². The van der Waals surface area contributed by atoms with Crippen LogP contribution in [0.15, 0.2) is 0 Å². The number of fused-ring (bicyclic) bond motifs is 1. The third-order valence-electron chi connectivity index (χ3n) is 5.34. The molecule has 4 unspecified atom stereocenters. The SMILES string of the molecule is COC1CCC(N2C(=O)C3CCCN3C(=O)C2C(C)C)C1. The van der Waals surface area contributed by atoms with Crippen LogP contribution in [0.4, 0.5) is 0 Å². The summed E-state index contributed by atoms with van der Waals surface area (Å²) in [5, 5.41) is 0. The largest absolute Gasteiger partial charge is 0.381 e. The molecule has 118 valence electrons. The number of hydrogen-bond donors (Lipinski definition) is 0. The van der Waals surface area contributed by atoms with E-state index >= 15 is 0 Å². The molecule has 3 rings (SSSR count). The fraction of sp³-hybridized carbons (Fsp3) is 0.875. The molecular weight excluding hydrogens is 268 g/mol. The van der Waals surface area contributed by atoms with Gasteiger partial charge in [0.1, 0.15) is 12.1 Å². The summed E-state index contributed by atoms with van der Waals surface area (Å²) in [6.07, 6.45) is 4.81. The Balaban J connectivity index is 1.88. The van der Waals surface area contributed by atoms with E-state index in [2.05, 4.69) is 0 Å². The maximum Gasteiger partial charge on any atom is 0.246 e. The summed E-state index contributed by atoms with van der Waals surface area (Å²) < 4.78 is 5.44. The van der Waals surface area contributed by atoms with E-state index in [0.717, 1.165) is 38.6 Å². The van der Waals surface area contributed by atoms with Crippen LogP contribution in [0.1, 0.15) is 46.0 Å². The number of carbonyl (C=O) groups is 2. The van der Waals surface area contributed by atoms with E-state index in [4.69, 9.17) is 4.74 Å². The molecule has 2 amide bonds. The Morgan fingerprint density at radius 3 is 2.52 bits per heavy atom. The first-order valence-electron chi connectivity index (χ1n) is 8.20. The summed E-state index contributed by atoms with van der Waals surface area (Å²) in [6.45, 7) is 4.83. The Hall–Kier alpha value is -1.10. The number of piperazine rings is 1. The van der Waals surface area contributed by atoms with Crippen LogP contribution in [-0.2, 0) is 14.3 Å². The van der Waals surface area contributed by atoms with E-state index in [0.29, 0.717) is 0 Å².